The fraction of sp³-hybridized carbons (Fsp3) is 0.450. The molecule has 3 atom stereocenters. The van der Waals surface area contributed by atoms with Crippen molar-refractivity contribution in [3.63, 3.8) is 0 Å². The van der Waals surface area contributed by atoms with Crippen molar-refractivity contribution in [3.8, 4) is 28.1 Å². The largest absolute Gasteiger partial charge is 0.488 e. The van der Waals surface area contributed by atoms with Crippen LogP contribution in [0.4, 0.5) is 0 Å². The third-order valence-corrected chi connectivity index (χ3v) is 10.7. The molecule has 3 aromatic carbocycles. The molecule has 12 heteroatoms. The number of aromatic amines is 1. The number of benzene rings is 3. The highest BCUT2D eigenvalue weighted by atomic mass is 35.5. The molecule has 0 fully saturated rings. The van der Waals surface area contributed by atoms with Gasteiger partial charge in [-0.3, -0.25) is 9.59 Å². The van der Waals surface area contributed by atoms with Gasteiger partial charge in [0, 0.05) is 42.1 Å². The van der Waals surface area contributed by atoms with Crippen molar-refractivity contribution in [1.29, 1.82) is 0 Å². The van der Waals surface area contributed by atoms with Crippen LogP contribution in [0.3, 0.4) is 0 Å². The predicted octanol–water partition coefficient (Wildman–Crippen LogP) is 7.99. The molecule has 0 aliphatic carbocycles. The van der Waals surface area contributed by atoms with Crippen molar-refractivity contribution in [2.24, 2.45) is 0 Å². The zero-order valence-electron chi connectivity index (χ0n) is 31.3. The highest BCUT2D eigenvalue weighted by Crippen LogP contribution is 2.43. The van der Waals surface area contributed by atoms with Crippen molar-refractivity contribution in [2.75, 3.05) is 13.0 Å². The van der Waals surface area contributed by atoms with Gasteiger partial charge in [-0.25, -0.2) is 14.6 Å². The van der Waals surface area contributed by atoms with Gasteiger partial charge in [-0.15, -0.1) is 0 Å². The maximum Gasteiger partial charge on any atom is 0.225 e. The lowest BCUT2D eigenvalue weighted by molar-refractivity contribution is -0.136. The molecule has 52 heavy (non-hydrogen) atoms. The number of amides is 2. The fourth-order valence-corrected chi connectivity index (χ4v) is 7.21. The Morgan fingerprint density at radius 3 is 2.40 bits per heavy atom. The Kier molecular flexibility index (Phi) is 11.1. The lowest BCUT2D eigenvalue weighted by Crippen LogP contribution is -2.40. The number of aromatic nitrogens is 4. The molecular weight excluding hydrogens is 678 g/mol. The summed E-state index contributed by atoms with van der Waals surface area (Å²) in [7, 11) is 1.60. The van der Waals surface area contributed by atoms with Crippen LogP contribution in [0.2, 0.25) is 5.15 Å². The standard InChI is InChI=1S/C40H50ClN7O4/c1-8-11-36(49)46(23(4)9-2)20-34-43-32-15-13-26-18-31-29-14-12-27(17-28(29)22-52-33(31)19-30(26)38(32)44-34)39-40(41)45-35(48(39)42)21-47(24(5)10-3)37(50)16-25(6)51-7/h12-15,17-19,23-25H,8-11,16,20-22,42H2,1-7H3,(H,43,44)/t23-,24-,25?/m0/s1. The van der Waals surface area contributed by atoms with E-state index in [0.29, 0.717) is 31.1 Å². The Labute approximate surface area is 310 Å². The molecule has 0 bridgehead atoms. The molecule has 3 heterocycles. The quantitative estimate of drug-likeness (QED) is 0.111. The fourth-order valence-electron chi connectivity index (χ4n) is 6.92. The Hall–Kier alpha value is -4.61. The zero-order valence-corrected chi connectivity index (χ0v) is 32.0. The van der Waals surface area contributed by atoms with E-state index in [0.717, 1.165) is 74.9 Å². The number of fused-ring (bicyclic) bond motifs is 6. The molecule has 0 saturated carbocycles. The van der Waals surface area contributed by atoms with Crippen molar-refractivity contribution in [3.05, 3.63) is 64.8 Å². The van der Waals surface area contributed by atoms with Crippen LogP contribution in [0.5, 0.6) is 5.75 Å². The second-order valence-electron chi connectivity index (χ2n) is 14.0. The van der Waals surface area contributed by atoms with E-state index in [1.807, 2.05) is 50.8 Å². The maximum atomic E-state index is 13.2. The summed E-state index contributed by atoms with van der Waals surface area (Å²) in [6, 6.07) is 14.6. The van der Waals surface area contributed by atoms with Gasteiger partial charge in [0.15, 0.2) is 5.15 Å². The Morgan fingerprint density at radius 1 is 0.981 bits per heavy atom. The molecule has 11 nitrogen and oxygen atoms in total. The van der Waals surface area contributed by atoms with E-state index in [1.165, 1.54) is 4.68 Å². The molecule has 2 amide bonds. The molecule has 0 spiro atoms. The molecule has 276 valence electrons. The normalized spacial score (nSPS) is 14.1. The summed E-state index contributed by atoms with van der Waals surface area (Å²) in [5.41, 5.74) is 6.21. The monoisotopic (exact) mass is 727 g/mol. The van der Waals surface area contributed by atoms with Crippen molar-refractivity contribution in [2.45, 2.75) is 112 Å². The number of hydrogen-bond donors (Lipinski definition) is 2. The number of halogens is 1. The van der Waals surface area contributed by atoms with Crippen LogP contribution in [0, 0.1) is 0 Å². The number of rotatable bonds is 14. The lowest BCUT2D eigenvalue weighted by Gasteiger charge is -2.29. The van der Waals surface area contributed by atoms with Crippen molar-refractivity contribution < 1.29 is 19.1 Å². The molecule has 6 rings (SSSR count). The van der Waals surface area contributed by atoms with E-state index >= 15 is 0 Å². The number of nitrogens with two attached hydrogens (primary N) is 1. The smallest absolute Gasteiger partial charge is 0.225 e. The van der Waals surface area contributed by atoms with Crippen LogP contribution in [-0.4, -0.2) is 66.5 Å². The minimum absolute atomic E-state index is 0.0140. The molecule has 1 unspecified atom stereocenters. The number of nitrogens with one attached hydrogen (secondary N) is 1. The van der Waals surface area contributed by atoms with E-state index in [2.05, 4.69) is 48.1 Å². The summed E-state index contributed by atoms with van der Waals surface area (Å²) in [6.45, 7) is 13.2. The first kappa shape index (κ1) is 37.2. The highest BCUT2D eigenvalue weighted by Gasteiger charge is 2.27. The van der Waals surface area contributed by atoms with E-state index < -0.39 is 0 Å². The summed E-state index contributed by atoms with van der Waals surface area (Å²) < 4.78 is 13.2. The maximum absolute atomic E-state index is 13.2. The lowest BCUT2D eigenvalue weighted by atomic mass is 9.92. The zero-order chi connectivity index (χ0) is 37.3. The molecule has 0 saturated heterocycles. The number of nitrogen functional groups attached to an aromatic ring is 1. The average Bonchev–Trinajstić information content (AvgIpc) is 3.69. The van der Waals surface area contributed by atoms with Crippen molar-refractivity contribution in [1.82, 2.24) is 29.4 Å². The van der Waals surface area contributed by atoms with E-state index in [9.17, 15) is 9.59 Å². The van der Waals surface area contributed by atoms with Crippen LogP contribution in [0.1, 0.15) is 90.9 Å². The summed E-state index contributed by atoms with van der Waals surface area (Å²) in [4.78, 5) is 42.9. The molecule has 1 aliphatic heterocycles. The highest BCUT2D eigenvalue weighted by molar-refractivity contribution is 6.32. The Bertz CT molecular complexity index is 2110. The van der Waals surface area contributed by atoms with E-state index in [1.54, 1.807) is 12.0 Å². The topological polar surface area (TPSA) is 132 Å². The molecule has 5 aromatic rings. The van der Waals surface area contributed by atoms with Gasteiger partial charge in [0.25, 0.3) is 0 Å². The van der Waals surface area contributed by atoms with Gasteiger partial charge in [0.05, 0.1) is 36.6 Å². The molecular formula is C40H50ClN7O4. The predicted molar refractivity (Wildman–Crippen MR) is 206 cm³/mol. The number of imidazole rings is 2. The summed E-state index contributed by atoms with van der Waals surface area (Å²) in [5.74, 6) is 8.81. The number of H-pyrrole nitrogens is 1. The van der Waals surface area contributed by atoms with Gasteiger partial charge in [-0.1, -0.05) is 50.6 Å². The van der Waals surface area contributed by atoms with Crippen LogP contribution in [-0.2, 0) is 34.0 Å². The first-order valence-corrected chi connectivity index (χ1v) is 18.7. The van der Waals surface area contributed by atoms with Crippen LogP contribution >= 0.6 is 11.6 Å². The molecule has 2 aromatic heterocycles. The number of methoxy groups -OCH3 is 1. The second kappa shape index (κ2) is 15.6. The van der Waals surface area contributed by atoms with Crippen molar-refractivity contribution >= 4 is 45.2 Å². The van der Waals surface area contributed by atoms with Gasteiger partial charge < -0.3 is 30.1 Å². The third-order valence-electron chi connectivity index (χ3n) is 10.5. The van der Waals surface area contributed by atoms with Gasteiger partial charge >= 0.3 is 0 Å². The molecule has 0 radical (unpaired) electrons. The Balaban J connectivity index is 1.29. The first-order valence-electron chi connectivity index (χ1n) is 18.3. The van der Waals surface area contributed by atoms with Crippen LogP contribution < -0.4 is 10.6 Å². The van der Waals surface area contributed by atoms with Gasteiger partial charge in [0.1, 0.15) is 29.7 Å². The van der Waals surface area contributed by atoms with Gasteiger partial charge in [-0.05, 0) is 80.8 Å². The summed E-state index contributed by atoms with van der Waals surface area (Å²) in [6.07, 6.45) is 3.07. The molecule has 1 aliphatic rings. The number of ether oxygens (including phenoxy) is 2. The number of nitrogens with zero attached hydrogens (tertiary/aromatic N) is 5. The minimum atomic E-state index is -0.199. The summed E-state index contributed by atoms with van der Waals surface area (Å²) >= 11 is 6.73. The number of carbonyl (C=O) groups excluding carboxylic acids is 2. The third kappa shape index (κ3) is 7.21. The van der Waals surface area contributed by atoms with Gasteiger partial charge in [0.2, 0.25) is 11.8 Å². The van der Waals surface area contributed by atoms with E-state index in [-0.39, 0.29) is 48.1 Å². The minimum Gasteiger partial charge on any atom is -0.488 e. The molecule has 3 N–H and O–H groups in total. The number of hydrogen-bond acceptors (Lipinski definition) is 7. The number of carbonyl (C=O) groups is 2. The van der Waals surface area contributed by atoms with Gasteiger partial charge in [-0.2, -0.15) is 0 Å². The average molecular weight is 728 g/mol. The first-order chi connectivity index (χ1) is 25.0. The van der Waals surface area contributed by atoms with Crippen LogP contribution in [0.15, 0.2) is 42.5 Å². The van der Waals surface area contributed by atoms with Crippen LogP contribution in [0.25, 0.3) is 44.2 Å². The van der Waals surface area contributed by atoms with E-state index in [4.69, 9.17) is 31.9 Å². The second-order valence-corrected chi connectivity index (χ2v) is 14.3. The summed E-state index contributed by atoms with van der Waals surface area (Å²) in [5, 5.41) is 2.30. The SMILES string of the molecule is CCCC(=O)N(Cc1nc2c(ccc3cc4c(cc32)OCc2cc(-c3c(Cl)nc(CN(C(=O)CC(C)OC)[C@@H](C)CC)n3N)ccc2-4)[nH]1)[C@@H](C)CC. The Morgan fingerprint density at radius 2 is 1.71 bits per heavy atom.